The number of nitrogens with zero attached hydrogens (tertiary/aromatic N) is 1. The number of nitrogens with two attached hydrogens (primary N) is 1. The fraction of sp³-hybridized carbons (Fsp3) is 0.842. The quantitative estimate of drug-likeness (QED) is 0.590. The summed E-state index contributed by atoms with van der Waals surface area (Å²) in [5.74, 6) is -1.17. The third kappa shape index (κ3) is 6.67. The molecule has 0 unspecified atom stereocenters. The lowest BCUT2D eigenvalue weighted by molar-refractivity contribution is -0.139. The molecular formula is C19H35N3O3. The van der Waals surface area contributed by atoms with Crippen molar-refractivity contribution >= 4 is 17.7 Å². The van der Waals surface area contributed by atoms with Crippen molar-refractivity contribution in [1.82, 2.24) is 10.2 Å². The van der Waals surface area contributed by atoms with Crippen LogP contribution in [0.5, 0.6) is 0 Å². The van der Waals surface area contributed by atoms with Gasteiger partial charge in [-0.05, 0) is 32.1 Å². The first-order chi connectivity index (χ1) is 11.8. The van der Waals surface area contributed by atoms with Crippen molar-refractivity contribution in [2.24, 2.45) is 17.6 Å². The smallest absolute Gasteiger partial charge is 0.245 e. The average Bonchev–Trinajstić information content (AvgIpc) is 2.96. The SMILES string of the molecule is CCCCC[C@@H](CC(N)=O)C(=O)N[C@H](C(=O)N1CCC[C@H]1C)C(C)C. The van der Waals surface area contributed by atoms with E-state index in [2.05, 4.69) is 12.2 Å². The molecule has 3 amide bonds. The van der Waals surface area contributed by atoms with Gasteiger partial charge in [-0.25, -0.2) is 0 Å². The highest BCUT2D eigenvalue weighted by Gasteiger charge is 2.34. The van der Waals surface area contributed by atoms with E-state index in [0.717, 1.165) is 38.6 Å². The van der Waals surface area contributed by atoms with E-state index >= 15 is 0 Å². The number of hydrogen-bond acceptors (Lipinski definition) is 3. The fourth-order valence-corrected chi connectivity index (χ4v) is 3.43. The van der Waals surface area contributed by atoms with Gasteiger partial charge in [0.2, 0.25) is 17.7 Å². The number of likely N-dealkylation sites (tertiary alicyclic amines) is 1. The van der Waals surface area contributed by atoms with Crippen LogP contribution in [0.15, 0.2) is 0 Å². The average molecular weight is 354 g/mol. The molecule has 0 aromatic heterocycles. The first-order valence-corrected chi connectivity index (χ1v) is 9.67. The van der Waals surface area contributed by atoms with Crippen LogP contribution in [0.25, 0.3) is 0 Å². The van der Waals surface area contributed by atoms with Crippen molar-refractivity contribution in [3.63, 3.8) is 0 Å². The maximum Gasteiger partial charge on any atom is 0.245 e. The number of primary amides is 1. The van der Waals surface area contributed by atoms with Crippen LogP contribution in [-0.2, 0) is 14.4 Å². The molecule has 1 aliphatic rings. The van der Waals surface area contributed by atoms with Crippen molar-refractivity contribution < 1.29 is 14.4 Å². The fourth-order valence-electron chi connectivity index (χ4n) is 3.43. The Morgan fingerprint density at radius 2 is 1.92 bits per heavy atom. The monoisotopic (exact) mass is 353 g/mol. The second-order valence-corrected chi connectivity index (χ2v) is 7.62. The van der Waals surface area contributed by atoms with Crippen LogP contribution in [0.1, 0.15) is 72.6 Å². The molecule has 6 heteroatoms. The van der Waals surface area contributed by atoms with Gasteiger partial charge in [-0.3, -0.25) is 14.4 Å². The van der Waals surface area contributed by atoms with Crippen LogP contribution in [0, 0.1) is 11.8 Å². The van der Waals surface area contributed by atoms with Gasteiger partial charge in [0.1, 0.15) is 6.04 Å². The van der Waals surface area contributed by atoms with Gasteiger partial charge >= 0.3 is 0 Å². The highest BCUT2D eigenvalue weighted by atomic mass is 16.2. The summed E-state index contributed by atoms with van der Waals surface area (Å²) in [6, 6.07) is -0.328. The summed E-state index contributed by atoms with van der Waals surface area (Å²) in [6.45, 7) is 8.76. The van der Waals surface area contributed by atoms with Crippen LogP contribution >= 0.6 is 0 Å². The number of carbonyl (C=O) groups excluding carboxylic acids is 3. The second-order valence-electron chi connectivity index (χ2n) is 7.62. The van der Waals surface area contributed by atoms with E-state index < -0.39 is 17.9 Å². The van der Waals surface area contributed by atoms with Crippen molar-refractivity contribution in [2.45, 2.75) is 84.7 Å². The number of unbranched alkanes of at least 4 members (excludes halogenated alkanes) is 2. The molecule has 6 nitrogen and oxygen atoms in total. The molecule has 0 aromatic carbocycles. The zero-order valence-corrected chi connectivity index (χ0v) is 16.2. The Hall–Kier alpha value is -1.59. The zero-order chi connectivity index (χ0) is 19.0. The summed E-state index contributed by atoms with van der Waals surface area (Å²) >= 11 is 0. The minimum Gasteiger partial charge on any atom is -0.370 e. The number of carbonyl (C=O) groups is 3. The van der Waals surface area contributed by atoms with E-state index in [-0.39, 0.29) is 30.2 Å². The highest BCUT2D eigenvalue weighted by Crippen LogP contribution is 2.20. The molecule has 0 radical (unpaired) electrons. The summed E-state index contributed by atoms with van der Waals surface area (Å²) in [5, 5.41) is 2.91. The predicted octanol–water partition coefficient (Wildman–Crippen LogP) is 2.21. The van der Waals surface area contributed by atoms with E-state index in [1.165, 1.54) is 0 Å². The number of amides is 3. The van der Waals surface area contributed by atoms with E-state index in [9.17, 15) is 14.4 Å². The Morgan fingerprint density at radius 1 is 1.24 bits per heavy atom. The van der Waals surface area contributed by atoms with Gasteiger partial charge in [-0.15, -0.1) is 0 Å². The van der Waals surface area contributed by atoms with Crippen LogP contribution in [-0.4, -0.2) is 41.2 Å². The standard InChI is InChI=1S/C19H35N3O3/c1-5-6-7-10-15(12-16(20)23)18(24)21-17(13(2)3)19(25)22-11-8-9-14(22)4/h13-15,17H,5-12H2,1-4H3,(H2,20,23)(H,21,24)/t14-,15+,17+/m1/s1. The molecule has 1 aliphatic heterocycles. The summed E-state index contributed by atoms with van der Waals surface area (Å²) in [5.41, 5.74) is 5.31. The maximum atomic E-state index is 12.9. The highest BCUT2D eigenvalue weighted by molar-refractivity contribution is 5.90. The van der Waals surface area contributed by atoms with Crippen molar-refractivity contribution in [2.75, 3.05) is 6.54 Å². The number of nitrogens with one attached hydrogen (secondary N) is 1. The summed E-state index contributed by atoms with van der Waals surface area (Å²) in [6.07, 6.45) is 5.62. The van der Waals surface area contributed by atoms with Crippen LogP contribution in [0.3, 0.4) is 0 Å². The molecule has 0 aromatic rings. The van der Waals surface area contributed by atoms with Crippen LogP contribution in [0.2, 0.25) is 0 Å². The maximum absolute atomic E-state index is 12.9. The molecule has 3 N–H and O–H groups in total. The van der Waals surface area contributed by atoms with Gasteiger partial charge in [-0.1, -0.05) is 40.0 Å². The van der Waals surface area contributed by atoms with Gasteiger partial charge in [0.25, 0.3) is 0 Å². The first-order valence-electron chi connectivity index (χ1n) is 9.67. The molecule has 1 rings (SSSR count). The molecule has 0 bridgehead atoms. The largest absolute Gasteiger partial charge is 0.370 e. The lowest BCUT2D eigenvalue weighted by Crippen LogP contribution is -2.53. The normalized spacial score (nSPS) is 19.7. The van der Waals surface area contributed by atoms with Crippen molar-refractivity contribution in [1.29, 1.82) is 0 Å². The minimum absolute atomic E-state index is 0.00544. The Bertz CT molecular complexity index is 465. The predicted molar refractivity (Wildman–Crippen MR) is 98.6 cm³/mol. The Balaban J connectivity index is 2.77. The van der Waals surface area contributed by atoms with E-state index in [4.69, 9.17) is 5.73 Å². The van der Waals surface area contributed by atoms with E-state index in [1.54, 1.807) is 0 Å². The molecule has 0 saturated carbocycles. The lowest BCUT2D eigenvalue weighted by Gasteiger charge is -2.30. The molecule has 144 valence electrons. The van der Waals surface area contributed by atoms with Gasteiger partial charge in [-0.2, -0.15) is 0 Å². The summed E-state index contributed by atoms with van der Waals surface area (Å²) < 4.78 is 0. The number of rotatable bonds is 10. The van der Waals surface area contributed by atoms with Crippen LogP contribution < -0.4 is 11.1 Å². The van der Waals surface area contributed by atoms with Gasteiger partial charge in [0.05, 0.1) is 0 Å². The first kappa shape index (κ1) is 21.5. The Kier molecular flexibility index (Phi) is 8.93. The molecule has 0 spiro atoms. The van der Waals surface area contributed by atoms with Crippen LogP contribution in [0.4, 0.5) is 0 Å². The third-order valence-corrected chi connectivity index (χ3v) is 5.04. The molecule has 1 saturated heterocycles. The van der Waals surface area contributed by atoms with Gasteiger partial charge < -0.3 is 16.0 Å². The van der Waals surface area contributed by atoms with Crippen molar-refractivity contribution in [3.05, 3.63) is 0 Å². The molecule has 1 fully saturated rings. The topological polar surface area (TPSA) is 92.5 Å². The van der Waals surface area contributed by atoms with Gasteiger partial charge in [0.15, 0.2) is 0 Å². The van der Waals surface area contributed by atoms with E-state index in [0.29, 0.717) is 6.42 Å². The Morgan fingerprint density at radius 3 is 2.40 bits per heavy atom. The molecular weight excluding hydrogens is 318 g/mol. The van der Waals surface area contributed by atoms with Gasteiger partial charge in [0, 0.05) is 24.9 Å². The molecule has 0 aliphatic carbocycles. The molecule has 1 heterocycles. The Labute approximate surface area is 151 Å². The summed E-state index contributed by atoms with van der Waals surface area (Å²) in [7, 11) is 0. The zero-order valence-electron chi connectivity index (χ0n) is 16.2. The molecule has 3 atom stereocenters. The lowest BCUT2D eigenvalue weighted by atomic mass is 9.94. The minimum atomic E-state index is -0.547. The van der Waals surface area contributed by atoms with Crippen molar-refractivity contribution in [3.8, 4) is 0 Å². The number of hydrogen-bond donors (Lipinski definition) is 2. The summed E-state index contributed by atoms with van der Waals surface area (Å²) in [4.78, 5) is 38.7. The third-order valence-electron chi connectivity index (χ3n) is 5.04. The molecule has 25 heavy (non-hydrogen) atoms. The van der Waals surface area contributed by atoms with E-state index in [1.807, 2.05) is 25.7 Å². The second kappa shape index (κ2) is 10.4.